The van der Waals surface area contributed by atoms with E-state index < -0.39 is 15.9 Å². The lowest BCUT2D eigenvalue weighted by Gasteiger charge is -2.12. The number of anilines is 2. The fraction of sp³-hybridized carbons (Fsp3) is 0.0714. The first-order chi connectivity index (χ1) is 9.80. The third kappa shape index (κ3) is 3.21. The van der Waals surface area contributed by atoms with Crippen LogP contribution in [0.5, 0.6) is 0 Å². The van der Waals surface area contributed by atoms with Crippen LogP contribution in [0.4, 0.5) is 11.4 Å². The van der Waals surface area contributed by atoms with Crippen molar-refractivity contribution in [1.29, 1.82) is 0 Å². The van der Waals surface area contributed by atoms with Crippen LogP contribution in [-0.2, 0) is 10.0 Å². The molecule has 6 nitrogen and oxygen atoms in total. The number of nitrogen functional groups attached to an aromatic ring is 1. The molecule has 0 unspecified atom stereocenters. The van der Waals surface area contributed by atoms with E-state index in [1.165, 1.54) is 18.2 Å². The third-order valence-electron chi connectivity index (χ3n) is 2.97. The van der Waals surface area contributed by atoms with Gasteiger partial charge in [-0.3, -0.25) is 4.79 Å². The van der Waals surface area contributed by atoms with Gasteiger partial charge in [-0.05, 0) is 30.7 Å². The summed E-state index contributed by atoms with van der Waals surface area (Å²) in [5.41, 5.74) is 7.24. The molecule has 2 aromatic carbocycles. The standard InChI is InChI=1S/C14H15N3O3S/c1-9-5-4-6-10(15)13(9)14(18)17-11-7-2-3-8-12(11)21(16,19)20/h2-8H,15H2,1H3,(H,17,18)(H2,16,19,20). The van der Waals surface area contributed by atoms with E-state index in [-0.39, 0.29) is 10.6 Å². The summed E-state index contributed by atoms with van der Waals surface area (Å²) in [5.74, 6) is -0.485. The van der Waals surface area contributed by atoms with Crippen LogP contribution in [0, 0.1) is 6.92 Å². The zero-order chi connectivity index (χ0) is 15.6. The Bertz CT molecular complexity index is 781. The molecule has 0 aliphatic rings. The number of nitrogens with two attached hydrogens (primary N) is 2. The van der Waals surface area contributed by atoms with E-state index in [0.29, 0.717) is 16.8 Å². The summed E-state index contributed by atoms with van der Waals surface area (Å²) in [6, 6.07) is 11.0. The van der Waals surface area contributed by atoms with Crippen LogP contribution >= 0.6 is 0 Å². The van der Waals surface area contributed by atoms with Crippen molar-refractivity contribution < 1.29 is 13.2 Å². The van der Waals surface area contributed by atoms with Gasteiger partial charge in [0.05, 0.1) is 11.3 Å². The predicted octanol–water partition coefficient (Wildman–Crippen LogP) is 1.48. The quantitative estimate of drug-likeness (QED) is 0.745. The average Bonchev–Trinajstić information content (AvgIpc) is 2.37. The number of aryl methyl sites for hydroxylation is 1. The highest BCUT2D eigenvalue weighted by molar-refractivity contribution is 7.89. The van der Waals surface area contributed by atoms with Crippen LogP contribution in [0.15, 0.2) is 47.4 Å². The van der Waals surface area contributed by atoms with E-state index in [0.717, 1.165) is 0 Å². The molecule has 7 heteroatoms. The molecule has 0 aliphatic carbocycles. The molecule has 2 rings (SSSR count). The van der Waals surface area contributed by atoms with Gasteiger partial charge in [0.25, 0.3) is 5.91 Å². The van der Waals surface area contributed by atoms with Crippen molar-refractivity contribution in [2.45, 2.75) is 11.8 Å². The number of carbonyl (C=O) groups is 1. The third-order valence-corrected chi connectivity index (χ3v) is 3.94. The molecule has 5 N–H and O–H groups in total. The largest absolute Gasteiger partial charge is 0.398 e. The fourth-order valence-electron chi connectivity index (χ4n) is 2.00. The molecular formula is C14H15N3O3S. The van der Waals surface area contributed by atoms with Crippen LogP contribution in [-0.4, -0.2) is 14.3 Å². The molecule has 21 heavy (non-hydrogen) atoms. The summed E-state index contributed by atoms with van der Waals surface area (Å²) < 4.78 is 23.0. The summed E-state index contributed by atoms with van der Waals surface area (Å²) in [7, 11) is -3.93. The van der Waals surface area contributed by atoms with Crippen molar-refractivity contribution in [3.05, 3.63) is 53.6 Å². The molecular weight excluding hydrogens is 290 g/mol. The summed E-state index contributed by atoms with van der Waals surface area (Å²) in [4.78, 5) is 12.2. The van der Waals surface area contributed by atoms with E-state index in [1.807, 2.05) is 0 Å². The predicted molar refractivity (Wildman–Crippen MR) is 81.4 cm³/mol. The lowest BCUT2D eigenvalue weighted by Crippen LogP contribution is -2.19. The minimum absolute atomic E-state index is 0.118. The number of rotatable bonds is 3. The smallest absolute Gasteiger partial charge is 0.258 e. The summed E-state index contributed by atoms with van der Waals surface area (Å²) in [6.07, 6.45) is 0. The van der Waals surface area contributed by atoms with Crippen molar-refractivity contribution in [2.24, 2.45) is 5.14 Å². The minimum Gasteiger partial charge on any atom is -0.398 e. The highest BCUT2D eigenvalue weighted by Gasteiger charge is 2.18. The van der Waals surface area contributed by atoms with Gasteiger partial charge in [-0.25, -0.2) is 13.6 Å². The minimum atomic E-state index is -3.93. The van der Waals surface area contributed by atoms with E-state index in [1.54, 1.807) is 31.2 Å². The van der Waals surface area contributed by atoms with Gasteiger partial charge in [0.1, 0.15) is 4.90 Å². The molecule has 0 radical (unpaired) electrons. The number of primary sulfonamides is 1. The summed E-state index contributed by atoms with van der Waals surface area (Å²) >= 11 is 0. The van der Waals surface area contributed by atoms with Crippen LogP contribution in [0.3, 0.4) is 0 Å². The number of hydrogen-bond donors (Lipinski definition) is 3. The van der Waals surface area contributed by atoms with E-state index in [4.69, 9.17) is 10.9 Å². The maximum absolute atomic E-state index is 12.3. The van der Waals surface area contributed by atoms with Crippen LogP contribution < -0.4 is 16.2 Å². The number of amides is 1. The van der Waals surface area contributed by atoms with Crippen LogP contribution in [0.25, 0.3) is 0 Å². The molecule has 0 saturated heterocycles. The second kappa shape index (κ2) is 5.55. The lowest BCUT2D eigenvalue weighted by atomic mass is 10.1. The number of benzene rings is 2. The molecule has 2 aromatic rings. The molecule has 1 amide bonds. The second-order valence-corrected chi connectivity index (χ2v) is 6.06. The molecule has 0 aromatic heterocycles. The molecule has 0 heterocycles. The van der Waals surface area contributed by atoms with E-state index in [9.17, 15) is 13.2 Å². The first-order valence-electron chi connectivity index (χ1n) is 6.09. The molecule has 0 bridgehead atoms. The van der Waals surface area contributed by atoms with Gasteiger partial charge in [-0.15, -0.1) is 0 Å². The van der Waals surface area contributed by atoms with E-state index in [2.05, 4.69) is 5.32 Å². The summed E-state index contributed by atoms with van der Waals surface area (Å²) in [6.45, 7) is 1.75. The molecule has 0 spiro atoms. The molecule has 0 saturated carbocycles. The average molecular weight is 305 g/mol. The van der Waals surface area contributed by atoms with Gasteiger partial charge in [-0.2, -0.15) is 0 Å². The Labute approximate surface area is 122 Å². The van der Waals surface area contributed by atoms with Gasteiger partial charge in [0.15, 0.2) is 0 Å². The van der Waals surface area contributed by atoms with Gasteiger partial charge >= 0.3 is 0 Å². The van der Waals surface area contributed by atoms with Crippen molar-refractivity contribution in [2.75, 3.05) is 11.1 Å². The van der Waals surface area contributed by atoms with Gasteiger partial charge in [-0.1, -0.05) is 24.3 Å². The zero-order valence-corrected chi connectivity index (χ0v) is 12.1. The topological polar surface area (TPSA) is 115 Å². The van der Waals surface area contributed by atoms with Gasteiger partial charge < -0.3 is 11.1 Å². The number of hydrogen-bond acceptors (Lipinski definition) is 4. The SMILES string of the molecule is Cc1cccc(N)c1C(=O)Nc1ccccc1S(N)(=O)=O. The second-order valence-electron chi connectivity index (χ2n) is 4.53. The first kappa shape index (κ1) is 15.0. The van der Waals surface area contributed by atoms with Crippen LogP contribution in [0.2, 0.25) is 0 Å². The Balaban J connectivity index is 2.42. The monoisotopic (exact) mass is 305 g/mol. The normalized spacial score (nSPS) is 11.1. The van der Waals surface area contributed by atoms with Crippen LogP contribution in [0.1, 0.15) is 15.9 Å². The highest BCUT2D eigenvalue weighted by Crippen LogP contribution is 2.22. The molecule has 0 fully saturated rings. The molecule has 110 valence electrons. The maximum atomic E-state index is 12.3. The Morgan fingerprint density at radius 2 is 1.76 bits per heavy atom. The van der Waals surface area contributed by atoms with Crippen molar-refractivity contribution in [3.8, 4) is 0 Å². The van der Waals surface area contributed by atoms with Crippen molar-refractivity contribution >= 4 is 27.3 Å². The molecule has 0 atom stereocenters. The summed E-state index contributed by atoms with van der Waals surface area (Å²) in [5, 5.41) is 7.66. The van der Waals surface area contributed by atoms with Crippen molar-refractivity contribution in [1.82, 2.24) is 0 Å². The Morgan fingerprint density at radius 1 is 1.10 bits per heavy atom. The number of para-hydroxylation sites is 1. The van der Waals surface area contributed by atoms with Crippen molar-refractivity contribution in [3.63, 3.8) is 0 Å². The number of carbonyl (C=O) groups excluding carboxylic acids is 1. The van der Waals surface area contributed by atoms with Gasteiger partial charge in [0, 0.05) is 5.69 Å². The molecule has 0 aliphatic heterocycles. The Hall–Kier alpha value is -2.38. The highest BCUT2D eigenvalue weighted by atomic mass is 32.2. The number of nitrogens with one attached hydrogen (secondary N) is 1. The van der Waals surface area contributed by atoms with E-state index >= 15 is 0 Å². The zero-order valence-electron chi connectivity index (χ0n) is 11.3. The first-order valence-corrected chi connectivity index (χ1v) is 7.63. The fourth-order valence-corrected chi connectivity index (χ4v) is 2.70. The maximum Gasteiger partial charge on any atom is 0.258 e. The lowest BCUT2D eigenvalue weighted by molar-refractivity contribution is 0.102. The Morgan fingerprint density at radius 3 is 2.38 bits per heavy atom. The number of sulfonamides is 1. The van der Waals surface area contributed by atoms with Gasteiger partial charge in [0.2, 0.25) is 10.0 Å². The Kier molecular flexibility index (Phi) is 3.97.